The number of carbonyl (C=O) groups is 2. The summed E-state index contributed by atoms with van der Waals surface area (Å²) in [4.78, 5) is 23.6. The van der Waals surface area contributed by atoms with Crippen molar-refractivity contribution in [1.82, 2.24) is 5.32 Å². The van der Waals surface area contributed by atoms with E-state index in [2.05, 4.69) is 5.32 Å². The molecule has 1 aromatic carbocycles. The predicted molar refractivity (Wildman–Crippen MR) is 111 cm³/mol. The first-order valence-electron chi connectivity index (χ1n) is 9.57. The number of benzene rings is 1. The number of halogens is 5. The molecule has 170 valence electrons. The van der Waals surface area contributed by atoms with Crippen molar-refractivity contribution in [2.24, 2.45) is 17.8 Å². The van der Waals surface area contributed by atoms with Gasteiger partial charge in [-0.1, -0.05) is 29.3 Å². The minimum atomic E-state index is -5.06. The van der Waals surface area contributed by atoms with Crippen LogP contribution in [0.3, 0.4) is 0 Å². The first-order valence-corrected chi connectivity index (χ1v) is 10.3. The lowest BCUT2D eigenvalue weighted by Crippen LogP contribution is -2.46. The zero-order valence-corrected chi connectivity index (χ0v) is 17.9. The molecular weight excluding hydrogens is 458 g/mol. The van der Waals surface area contributed by atoms with Gasteiger partial charge < -0.3 is 15.8 Å². The SMILES string of the molecule is N=C(Cc1ccc(Cl)c(Cl)c1)C(C(=N)C(F)(F)F)C(=O)NCC1CCC(C(=O)O)CC1. The molecule has 0 heterocycles. The molecule has 4 N–H and O–H groups in total. The van der Waals surface area contributed by atoms with Gasteiger partial charge in [-0.05, 0) is 49.3 Å². The second-order valence-electron chi connectivity index (χ2n) is 7.60. The van der Waals surface area contributed by atoms with Crippen LogP contribution >= 0.6 is 23.2 Å². The van der Waals surface area contributed by atoms with Gasteiger partial charge in [0.1, 0.15) is 11.6 Å². The minimum absolute atomic E-state index is 0.0624. The standard InChI is InChI=1S/C20H22Cl2F3N3O3/c21-13-6-3-11(7-14(13)22)8-15(26)16(17(27)20(23,24)25)18(29)28-9-10-1-4-12(5-2-10)19(30)31/h3,6-7,10,12,16,26-27H,1-2,4-5,8-9H2,(H,28,29)(H,30,31). The number of amides is 1. The summed E-state index contributed by atoms with van der Waals surface area (Å²) in [5, 5.41) is 27.4. The third-order valence-electron chi connectivity index (χ3n) is 5.34. The Labute approximate surface area is 187 Å². The molecular formula is C20H22Cl2F3N3O3. The average Bonchev–Trinajstić information content (AvgIpc) is 2.69. The normalized spacial score (nSPS) is 20.0. The highest BCUT2D eigenvalue weighted by Crippen LogP contribution is 2.29. The molecule has 2 rings (SSSR count). The first-order chi connectivity index (χ1) is 14.4. The molecule has 0 aromatic heterocycles. The van der Waals surface area contributed by atoms with Crippen molar-refractivity contribution in [3.05, 3.63) is 33.8 Å². The lowest BCUT2D eigenvalue weighted by molar-refractivity contribution is -0.143. The molecule has 0 saturated heterocycles. The van der Waals surface area contributed by atoms with Crippen LogP contribution in [0.5, 0.6) is 0 Å². The van der Waals surface area contributed by atoms with Gasteiger partial charge >= 0.3 is 12.1 Å². The Balaban J connectivity index is 2.07. The van der Waals surface area contributed by atoms with Crippen LogP contribution in [0.1, 0.15) is 31.2 Å². The first kappa shape index (κ1) is 25.1. The van der Waals surface area contributed by atoms with Crippen molar-refractivity contribution in [2.45, 2.75) is 38.3 Å². The van der Waals surface area contributed by atoms with Crippen molar-refractivity contribution in [2.75, 3.05) is 6.54 Å². The lowest BCUT2D eigenvalue weighted by Gasteiger charge is -2.27. The number of carboxylic acid groups (broad SMARTS) is 1. The maximum atomic E-state index is 13.2. The molecule has 11 heteroatoms. The Morgan fingerprint density at radius 1 is 1.13 bits per heavy atom. The van der Waals surface area contributed by atoms with E-state index in [1.165, 1.54) is 18.2 Å². The fourth-order valence-corrected chi connectivity index (χ4v) is 3.88. The van der Waals surface area contributed by atoms with E-state index in [1.807, 2.05) is 0 Å². The second-order valence-corrected chi connectivity index (χ2v) is 8.41. The summed E-state index contributed by atoms with van der Waals surface area (Å²) in [6.45, 7) is 0.0624. The van der Waals surface area contributed by atoms with Crippen LogP contribution in [0.15, 0.2) is 18.2 Å². The third-order valence-corrected chi connectivity index (χ3v) is 6.08. The molecule has 1 aliphatic carbocycles. The molecule has 1 aromatic rings. The van der Waals surface area contributed by atoms with Crippen LogP contribution < -0.4 is 5.32 Å². The molecule has 1 aliphatic rings. The number of nitrogens with one attached hydrogen (secondary N) is 3. The minimum Gasteiger partial charge on any atom is -0.481 e. The fourth-order valence-electron chi connectivity index (χ4n) is 3.56. The van der Waals surface area contributed by atoms with Gasteiger partial charge in [0, 0.05) is 18.7 Å². The van der Waals surface area contributed by atoms with E-state index < -0.39 is 41.3 Å². The van der Waals surface area contributed by atoms with Gasteiger partial charge in [-0.25, -0.2) is 0 Å². The van der Waals surface area contributed by atoms with Crippen LogP contribution in [-0.2, 0) is 16.0 Å². The quantitative estimate of drug-likeness (QED) is 0.402. The zero-order valence-electron chi connectivity index (χ0n) is 16.4. The maximum absolute atomic E-state index is 13.2. The predicted octanol–water partition coefficient (Wildman–Crippen LogP) is 4.76. The van der Waals surface area contributed by atoms with Crippen molar-refractivity contribution >= 4 is 46.5 Å². The van der Waals surface area contributed by atoms with Gasteiger partial charge in [0.2, 0.25) is 5.91 Å². The monoisotopic (exact) mass is 479 g/mol. The van der Waals surface area contributed by atoms with Gasteiger partial charge in [-0.15, -0.1) is 0 Å². The van der Waals surface area contributed by atoms with E-state index in [-0.39, 0.29) is 28.9 Å². The van der Waals surface area contributed by atoms with Crippen LogP contribution in [0.2, 0.25) is 10.0 Å². The number of hydrogen-bond donors (Lipinski definition) is 4. The summed E-state index contributed by atoms with van der Waals surface area (Å²) in [5.74, 6) is -4.56. The molecule has 1 fully saturated rings. The second kappa shape index (κ2) is 10.5. The molecule has 0 aliphatic heterocycles. The number of hydrogen-bond acceptors (Lipinski definition) is 4. The molecule has 1 amide bonds. The van der Waals surface area contributed by atoms with Gasteiger partial charge in [0.05, 0.1) is 16.0 Å². The third kappa shape index (κ3) is 6.93. The number of carbonyl (C=O) groups excluding carboxylic acids is 1. The van der Waals surface area contributed by atoms with Gasteiger partial charge in [0.15, 0.2) is 0 Å². The number of carboxylic acids is 1. The topological polar surface area (TPSA) is 114 Å². The summed E-state index contributed by atoms with van der Waals surface area (Å²) in [5.41, 5.74) is -2.02. The lowest BCUT2D eigenvalue weighted by atomic mass is 9.82. The molecule has 1 saturated carbocycles. The molecule has 0 bridgehead atoms. The molecule has 1 unspecified atom stereocenters. The number of alkyl halides is 3. The van der Waals surface area contributed by atoms with E-state index in [9.17, 15) is 22.8 Å². The number of rotatable bonds is 8. The summed E-state index contributed by atoms with van der Waals surface area (Å²) < 4.78 is 39.6. The number of aliphatic carboxylic acids is 1. The molecule has 31 heavy (non-hydrogen) atoms. The summed E-state index contributed by atoms with van der Waals surface area (Å²) in [6.07, 6.45) is -3.45. The highest BCUT2D eigenvalue weighted by molar-refractivity contribution is 6.42. The maximum Gasteiger partial charge on any atom is 0.429 e. The van der Waals surface area contributed by atoms with E-state index >= 15 is 0 Å². The van der Waals surface area contributed by atoms with Gasteiger partial charge in [0.25, 0.3) is 0 Å². The Morgan fingerprint density at radius 2 is 1.74 bits per heavy atom. The van der Waals surface area contributed by atoms with Crippen LogP contribution in [0.4, 0.5) is 13.2 Å². The van der Waals surface area contributed by atoms with Crippen molar-refractivity contribution in [3.8, 4) is 0 Å². The Bertz CT molecular complexity index is 869. The largest absolute Gasteiger partial charge is 0.481 e. The highest BCUT2D eigenvalue weighted by Gasteiger charge is 2.44. The summed E-state index contributed by atoms with van der Waals surface area (Å²) in [7, 11) is 0. The molecule has 0 spiro atoms. The van der Waals surface area contributed by atoms with E-state index in [0.29, 0.717) is 31.2 Å². The Kier molecular flexibility index (Phi) is 8.48. The molecule has 6 nitrogen and oxygen atoms in total. The van der Waals surface area contributed by atoms with Crippen molar-refractivity contribution in [3.63, 3.8) is 0 Å². The summed E-state index contributed by atoms with van der Waals surface area (Å²) >= 11 is 11.7. The Morgan fingerprint density at radius 3 is 2.26 bits per heavy atom. The van der Waals surface area contributed by atoms with Crippen LogP contribution in [0, 0.1) is 28.6 Å². The van der Waals surface area contributed by atoms with E-state index in [4.69, 9.17) is 39.1 Å². The average molecular weight is 480 g/mol. The Hall–Kier alpha value is -2.13. The van der Waals surface area contributed by atoms with Crippen molar-refractivity contribution < 1.29 is 27.9 Å². The summed E-state index contributed by atoms with van der Waals surface area (Å²) in [6, 6.07) is 4.31. The van der Waals surface area contributed by atoms with E-state index in [0.717, 1.165) is 0 Å². The van der Waals surface area contributed by atoms with Gasteiger partial charge in [-0.3, -0.25) is 15.0 Å². The molecule has 1 atom stereocenters. The zero-order chi connectivity index (χ0) is 23.3. The van der Waals surface area contributed by atoms with E-state index in [1.54, 1.807) is 0 Å². The van der Waals surface area contributed by atoms with Crippen LogP contribution in [0.25, 0.3) is 0 Å². The smallest absolute Gasteiger partial charge is 0.429 e. The van der Waals surface area contributed by atoms with Crippen LogP contribution in [-0.4, -0.2) is 41.1 Å². The van der Waals surface area contributed by atoms with Gasteiger partial charge in [-0.2, -0.15) is 13.2 Å². The fraction of sp³-hybridized carbons (Fsp3) is 0.500. The highest BCUT2D eigenvalue weighted by atomic mass is 35.5. The van der Waals surface area contributed by atoms with Crippen molar-refractivity contribution in [1.29, 1.82) is 10.8 Å². The molecule has 0 radical (unpaired) electrons.